The number of hydrogen-bond donors (Lipinski definition) is 2. The fourth-order valence-corrected chi connectivity index (χ4v) is 3.91. The van der Waals surface area contributed by atoms with Gasteiger partial charge in [-0.3, -0.25) is 14.7 Å². The molecule has 0 atom stereocenters. The molecule has 1 amide bonds. The van der Waals surface area contributed by atoms with Gasteiger partial charge in [0.2, 0.25) is 0 Å². The molecule has 0 aliphatic carbocycles. The number of H-pyrrole nitrogens is 1. The molecule has 4 rings (SSSR count). The van der Waals surface area contributed by atoms with Gasteiger partial charge >= 0.3 is 0 Å². The lowest BCUT2D eigenvalue weighted by atomic mass is 10.3. The molecule has 0 aliphatic rings. The van der Waals surface area contributed by atoms with Crippen molar-refractivity contribution in [2.75, 3.05) is 6.54 Å². The molecule has 0 aromatic carbocycles. The summed E-state index contributed by atoms with van der Waals surface area (Å²) in [4.78, 5) is 26.3. The normalized spacial score (nSPS) is 10.8. The van der Waals surface area contributed by atoms with Crippen LogP contribution in [0, 0.1) is 0 Å². The van der Waals surface area contributed by atoms with Gasteiger partial charge in [0.1, 0.15) is 5.69 Å². The smallest absolute Gasteiger partial charge is 0.271 e. The van der Waals surface area contributed by atoms with Crippen LogP contribution in [0.1, 0.15) is 10.5 Å². The summed E-state index contributed by atoms with van der Waals surface area (Å²) in [5.41, 5.74) is 1.65. The second kappa shape index (κ2) is 7.68. The maximum absolute atomic E-state index is 12.3. The second-order valence-corrected chi connectivity index (χ2v) is 7.55. The average molecular weight is 397 g/mol. The van der Waals surface area contributed by atoms with E-state index < -0.39 is 0 Å². The van der Waals surface area contributed by atoms with Crippen LogP contribution in [0.15, 0.2) is 58.0 Å². The maximum atomic E-state index is 12.3. The van der Waals surface area contributed by atoms with E-state index >= 15 is 0 Å². The van der Waals surface area contributed by atoms with Crippen LogP contribution in [-0.2, 0) is 6.54 Å². The third-order valence-electron chi connectivity index (χ3n) is 3.85. The summed E-state index contributed by atoms with van der Waals surface area (Å²) in [7, 11) is 0. The van der Waals surface area contributed by atoms with E-state index in [4.69, 9.17) is 0 Å². The Morgan fingerprint density at radius 2 is 1.89 bits per heavy atom. The molecular weight excluding hydrogens is 382 g/mol. The van der Waals surface area contributed by atoms with Crippen molar-refractivity contribution < 1.29 is 4.79 Å². The van der Waals surface area contributed by atoms with Gasteiger partial charge in [-0.05, 0) is 35.0 Å². The molecule has 0 fully saturated rings. The molecule has 27 heavy (non-hydrogen) atoms. The highest BCUT2D eigenvalue weighted by Crippen LogP contribution is 2.23. The van der Waals surface area contributed by atoms with E-state index in [9.17, 15) is 9.59 Å². The van der Waals surface area contributed by atoms with Crippen molar-refractivity contribution in [2.24, 2.45) is 0 Å². The van der Waals surface area contributed by atoms with Crippen LogP contribution in [0.5, 0.6) is 0 Å². The zero-order valence-corrected chi connectivity index (χ0v) is 15.7. The van der Waals surface area contributed by atoms with Crippen molar-refractivity contribution in [3.05, 3.63) is 69.3 Å². The Morgan fingerprint density at radius 1 is 1.11 bits per heavy atom. The molecule has 0 radical (unpaired) electrons. The minimum Gasteiger partial charge on any atom is -0.349 e. The Bertz CT molecular complexity index is 1100. The highest BCUT2D eigenvalue weighted by Gasteiger charge is 2.12. The highest BCUT2D eigenvalue weighted by atomic mass is 32.1. The van der Waals surface area contributed by atoms with Gasteiger partial charge in [0.25, 0.3) is 11.5 Å². The first kappa shape index (κ1) is 17.4. The third-order valence-corrected chi connectivity index (χ3v) is 5.64. The molecular formula is C18H15N5O2S2. The molecule has 4 aromatic rings. The lowest BCUT2D eigenvalue weighted by Gasteiger charge is -2.07. The zero-order valence-electron chi connectivity index (χ0n) is 14.1. The summed E-state index contributed by atoms with van der Waals surface area (Å²) >= 11 is 3.13. The number of aromatic nitrogens is 4. The standard InChI is InChI=1S/C18H15N5O2S2/c24-17-6-5-12(15-3-1-9-26-15)22-23(17)8-7-19-18(25)14-11-13(20-21-14)16-4-2-10-27-16/h1-6,9-11H,7-8H2,(H,19,25)(H,20,21). The number of thiophene rings is 2. The molecule has 0 aliphatic heterocycles. The Labute approximate surface area is 162 Å². The Morgan fingerprint density at radius 3 is 2.63 bits per heavy atom. The summed E-state index contributed by atoms with van der Waals surface area (Å²) in [5.74, 6) is -0.295. The fourth-order valence-electron chi connectivity index (χ4n) is 2.53. The third kappa shape index (κ3) is 3.88. The van der Waals surface area contributed by atoms with E-state index in [0.29, 0.717) is 5.69 Å². The number of nitrogens with zero attached hydrogens (tertiary/aromatic N) is 3. The summed E-state index contributed by atoms with van der Waals surface area (Å²) in [6, 6.07) is 12.7. The van der Waals surface area contributed by atoms with Gasteiger partial charge in [0.05, 0.1) is 22.0 Å². The summed E-state index contributed by atoms with van der Waals surface area (Å²) in [6.45, 7) is 0.562. The van der Waals surface area contributed by atoms with Crippen molar-refractivity contribution >= 4 is 28.6 Å². The van der Waals surface area contributed by atoms with Crippen molar-refractivity contribution in [3.8, 4) is 21.1 Å². The van der Waals surface area contributed by atoms with Crippen LogP contribution in [0.25, 0.3) is 21.1 Å². The fraction of sp³-hybridized carbons (Fsp3) is 0.111. The van der Waals surface area contributed by atoms with Gasteiger partial charge in [-0.1, -0.05) is 12.1 Å². The lowest BCUT2D eigenvalue weighted by Crippen LogP contribution is -2.32. The molecule has 0 saturated carbocycles. The van der Waals surface area contributed by atoms with Gasteiger partial charge in [0, 0.05) is 12.6 Å². The van der Waals surface area contributed by atoms with Gasteiger partial charge < -0.3 is 5.32 Å². The predicted octanol–water partition coefficient (Wildman–Crippen LogP) is 2.85. The molecule has 0 unspecified atom stereocenters. The minimum absolute atomic E-state index is 0.204. The van der Waals surface area contributed by atoms with Crippen molar-refractivity contribution in [2.45, 2.75) is 6.54 Å². The van der Waals surface area contributed by atoms with Crippen LogP contribution in [-0.4, -0.2) is 32.4 Å². The number of carbonyl (C=O) groups is 1. The van der Waals surface area contributed by atoms with Crippen LogP contribution < -0.4 is 10.9 Å². The van der Waals surface area contributed by atoms with Crippen LogP contribution in [0.3, 0.4) is 0 Å². The molecule has 2 N–H and O–H groups in total. The van der Waals surface area contributed by atoms with E-state index in [0.717, 1.165) is 21.1 Å². The summed E-state index contributed by atoms with van der Waals surface area (Å²) < 4.78 is 1.36. The van der Waals surface area contributed by atoms with Crippen LogP contribution >= 0.6 is 22.7 Å². The van der Waals surface area contributed by atoms with Crippen LogP contribution in [0.4, 0.5) is 0 Å². The number of nitrogens with one attached hydrogen (secondary N) is 2. The first-order valence-electron chi connectivity index (χ1n) is 8.20. The van der Waals surface area contributed by atoms with Crippen LogP contribution in [0.2, 0.25) is 0 Å². The SMILES string of the molecule is O=C(NCCn1nc(-c2cccs2)ccc1=O)c1cc(-c2cccs2)[nH]n1. The molecule has 9 heteroatoms. The lowest BCUT2D eigenvalue weighted by molar-refractivity contribution is 0.0946. The van der Waals surface area contributed by atoms with Crippen molar-refractivity contribution in [1.29, 1.82) is 0 Å². The van der Waals surface area contributed by atoms with E-state index in [2.05, 4.69) is 20.6 Å². The number of aromatic amines is 1. The molecule has 136 valence electrons. The monoisotopic (exact) mass is 397 g/mol. The van der Waals surface area contributed by atoms with E-state index in [1.165, 1.54) is 10.7 Å². The quantitative estimate of drug-likeness (QED) is 0.523. The zero-order chi connectivity index (χ0) is 18.6. The number of carbonyl (C=O) groups excluding carboxylic acids is 1. The van der Waals surface area contributed by atoms with E-state index in [-0.39, 0.29) is 24.6 Å². The minimum atomic E-state index is -0.295. The maximum Gasteiger partial charge on any atom is 0.271 e. The first-order chi connectivity index (χ1) is 13.2. The Hall–Kier alpha value is -3.04. The molecule has 0 spiro atoms. The molecule has 0 bridgehead atoms. The predicted molar refractivity (Wildman–Crippen MR) is 106 cm³/mol. The highest BCUT2D eigenvalue weighted by molar-refractivity contribution is 7.13. The molecule has 4 heterocycles. The molecule has 7 nitrogen and oxygen atoms in total. The van der Waals surface area contributed by atoms with E-state index in [1.807, 2.05) is 35.0 Å². The summed E-state index contributed by atoms with van der Waals surface area (Å²) in [5, 5.41) is 18.0. The number of rotatable bonds is 6. The first-order valence-corrected chi connectivity index (χ1v) is 9.96. The van der Waals surface area contributed by atoms with Gasteiger partial charge in [-0.25, -0.2) is 4.68 Å². The average Bonchev–Trinajstić information content (AvgIpc) is 3.43. The Kier molecular flexibility index (Phi) is 4.95. The summed E-state index contributed by atoms with van der Waals surface area (Å²) in [6.07, 6.45) is 0. The number of hydrogen-bond acceptors (Lipinski definition) is 6. The number of amides is 1. The Balaban J connectivity index is 1.39. The largest absolute Gasteiger partial charge is 0.349 e. The molecule has 4 aromatic heterocycles. The van der Waals surface area contributed by atoms with Gasteiger partial charge in [-0.15, -0.1) is 22.7 Å². The van der Waals surface area contributed by atoms with Gasteiger partial charge in [-0.2, -0.15) is 10.2 Å². The van der Waals surface area contributed by atoms with E-state index in [1.54, 1.807) is 34.8 Å². The second-order valence-electron chi connectivity index (χ2n) is 5.66. The van der Waals surface area contributed by atoms with Crippen molar-refractivity contribution in [1.82, 2.24) is 25.3 Å². The van der Waals surface area contributed by atoms with Gasteiger partial charge in [0.15, 0.2) is 5.69 Å². The topological polar surface area (TPSA) is 92.7 Å². The molecule has 0 saturated heterocycles. The van der Waals surface area contributed by atoms with Crippen molar-refractivity contribution in [3.63, 3.8) is 0 Å².